The van der Waals surface area contributed by atoms with Crippen molar-refractivity contribution in [1.29, 1.82) is 0 Å². The summed E-state index contributed by atoms with van der Waals surface area (Å²) in [5, 5.41) is 6.03. The minimum Gasteiger partial charge on any atom is -0.399 e. The van der Waals surface area contributed by atoms with E-state index in [-0.39, 0.29) is 11.2 Å². The molecule has 0 unspecified atom stereocenters. The molecule has 1 aromatic heterocycles. The van der Waals surface area contributed by atoms with E-state index >= 15 is 0 Å². The Bertz CT molecular complexity index is 1480. The van der Waals surface area contributed by atoms with Gasteiger partial charge in [0.05, 0.1) is 22.4 Å². The summed E-state index contributed by atoms with van der Waals surface area (Å²) < 4.78 is 15.2. The van der Waals surface area contributed by atoms with Crippen molar-refractivity contribution in [3.8, 4) is 5.69 Å². The van der Waals surface area contributed by atoms with Gasteiger partial charge >= 0.3 is 7.12 Å². The van der Waals surface area contributed by atoms with Crippen molar-refractivity contribution >= 4 is 45.0 Å². The molecular formula is C28H26BNO2. The third-order valence-corrected chi connectivity index (χ3v) is 7.26. The summed E-state index contributed by atoms with van der Waals surface area (Å²) in [4.78, 5) is 0. The first kappa shape index (κ1) is 19.6. The Hall–Kier alpha value is -3.08. The third kappa shape index (κ3) is 2.76. The third-order valence-electron chi connectivity index (χ3n) is 7.26. The molecule has 0 N–H and O–H groups in total. The van der Waals surface area contributed by atoms with Crippen molar-refractivity contribution in [1.82, 2.24) is 4.57 Å². The zero-order valence-electron chi connectivity index (χ0n) is 18.9. The molecule has 1 aliphatic heterocycles. The van der Waals surface area contributed by atoms with Gasteiger partial charge in [0, 0.05) is 22.4 Å². The maximum Gasteiger partial charge on any atom is 0.495 e. The molecule has 1 saturated heterocycles. The van der Waals surface area contributed by atoms with E-state index < -0.39 is 7.12 Å². The molecule has 2 heterocycles. The Balaban J connectivity index is 1.61. The van der Waals surface area contributed by atoms with Gasteiger partial charge in [0.2, 0.25) is 0 Å². The topological polar surface area (TPSA) is 23.4 Å². The van der Waals surface area contributed by atoms with Crippen molar-refractivity contribution in [2.75, 3.05) is 0 Å². The van der Waals surface area contributed by atoms with Crippen molar-refractivity contribution in [2.45, 2.75) is 38.9 Å². The highest BCUT2D eigenvalue weighted by Gasteiger charge is 2.52. The van der Waals surface area contributed by atoms with Gasteiger partial charge in [0.25, 0.3) is 0 Å². The summed E-state index contributed by atoms with van der Waals surface area (Å²) in [6, 6.07) is 28.0. The predicted molar refractivity (Wildman–Crippen MR) is 134 cm³/mol. The minimum atomic E-state index is -0.393. The summed E-state index contributed by atoms with van der Waals surface area (Å²) >= 11 is 0. The molecule has 0 saturated carbocycles. The van der Waals surface area contributed by atoms with Crippen LogP contribution >= 0.6 is 0 Å². The molecule has 1 fully saturated rings. The largest absolute Gasteiger partial charge is 0.495 e. The molecule has 0 atom stereocenters. The number of fused-ring (bicyclic) bond motifs is 4. The monoisotopic (exact) mass is 419 g/mol. The number of benzene rings is 4. The quantitative estimate of drug-likeness (QED) is 0.317. The predicted octanol–water partition coefficient (Wildman–Crippen LogP) is 6.24. The molecule has 0 aliphatic carbocycles. The van der Waals surface area contributed by atoms with E-state index in [1.54, 1.807) is 0 Å². The molecular weight excluding hydrogens is 393 g/mol. The molecule has 1 aliphatic rings. The van der Waals surface area contributed by atoms with Gasteiger partial charge < -0.3 is 13.9 Å². The summed E-state index contributed by atoms with van der Waals surface area (Å²) in [6.45, 7) is 8.41. The fraction of sp³-hybridized carbons (Fsp3) is 0.214. The van der Waals surface area contributed by atoms with Crippen LogP contribution in [0, 0.1) is 0 Å². The van der Waals surface area contributed by atoms with Gasteiger partial charge in [-0.15, -0.1) is 0 Å². The zero-order chi connectivity index (χ0) is 22.1. The molecule has 0 spiro atoms. The van der Waals surface area contributed by atoms with Gasteiger partial charge in [-0.05, 0) is 56.1 Å². The van der Waals surface area contributed by atoms with Gasteiger partial charge in [-0.2, -0.15) is 0 Å². The van der Waals surface area contributed by atoms with Crippen molar-refractivity contribution in [3.63, 3.8) is 0 Å². The molecule has 4 heteroatoms. The Morgan fingerprint density at radius 2 is 1.28 bits per heavy atom. The summed E-state index contributed by atoms with van der Waals surface area (Å²) in [7, 11) is -0.393. The number of hydrogen-bond acceptors (Lipinski definition) is 2. The maximum atomic E-state index is 6.43. The van der Waals surface area contributed by atoms with Crippen LogP contribution in [0.25, 0.3) is 38.1 Å². The van der Waals surface area contributed by atoms with Gasteiger partial charge in [-0.1, -0.05) is 66.7 Å². The first-order valence-corrected chi connectivity index (χ1v) is 11.2. The second kappa shape index (κ2) is 6.71. The van der Waals surface area contributed by atoms with Gasteiger partial charge in [0.1, 0.15) is 0 Å². The average Bonchev–Trinajstić information content (AvgIpc) is 3.30. The highest BCUT2D eigenvalue weighted by Crippen LogP contribution is 2.38. The number of rotatable bonds is 2. The molecule has 0 amide bonds. The van der Waals surface area contributed by atoms with Crippen molar-refractivity contribution in [2.24, 2.45) is 0 Å². The normalized spacial score (nSPS) is 17.6. The summed E-state index contributed by atoms with van der Waals surface area (Å²) in [5.74, 6) is 0. The molecule has 0 bridgehead atoms. The number of hydrogen-bond donors (Lipinski definition) is 0. The van der Waals surface area contributed by atoms with Gasteiger partial charge in [0.15, 0.2) is 0 Å². The van der Waals surface area contributed by atoms with Crippen molar-refractivity contribution < 1.29 is 9.31 Å². The lowest BCUT2D eigenvalue weighted by atomic mass is 9.75. The second-order valence-corrected chi connectivity index (χ2v) is 9.72. The molecule has 3 nitrogen and oxygen atoms in total. The Labute approximate surface area is 188 Å². The Kier molecular flexibility index (Phi) is 4.11. The number of aromatic nitrogens is 1. The average molecular weight is 419 g/mol. The maximum absolute atomic E-state index is 6.43. The zero-order valence-corrected chi connectivity index (χ0v) is 18.9. The van der Waals surface area contributed by atoms with Crippen LogP contribution in [0.4, 0.5) is 0 Å². The minimum absolute atomic E-state index is 0.372. The fourth-order valence-electron chi connectivity index (χ4n) is 4.82. The van der Waals surface area contributed by atoms with E-state index in [1.807, 2.05) is 0 Å². The van der Waals surface area contributed by atoms with E-state index in [4.69, 9.17) is 9.31 Å². The van der Waals surface area contributed by atoms with Crippen molar-refractivity contribution in [3.05, 3.63) is 85.1 Å². The lowest BCUT2D eigenvalue weighted by molar-refractivity contribution is 0.00578. The van der Waals surface area contributed by atoms with Gasteiger partial charge in [-0.3, -0.25) is 0 Å². The second-order valence-electron chi connectivity index (χ2n) is 9.72. The molecule has 158 valence electrons. The molecule has 4 aromatic carbocycles. The van der Waals surface area contributed by atoms with E-state index in [2.05, 4.69) is 117 Å². The lowest BCUT2D eigenvalue weighted by Gasteiger charge is -2.32. The summed E-state index contributed by atoms with van der Waals surface area (Å²) in [5.41, 5.74) is 2.73. The van der Waals surface area contributed by atoms with Crippen LogP contribution in [0.1, 0.15) is 27.7 Å². The molecule has 5 aromatic rings. The first-order valence-electron chi connectivity index (χ1n) is 11.2. The molecule has 0 radical (unpaired) electrons. The van der Waals surface area contributed by atoms with Crippen LogP contribution in [-0.2, 0) is 9.31 Å². The Morgan fingerprint density at radius 1 is 0.656 bits per heavy atom. The molecule has 6 rings (SSSR count). The van der Waals surface area contributed by atoms with Crippen LogP contribution in [0.3, 0.4) is 0 Å². The van der Waals surface area contributed by atoms with Crippen LogP contribution in [0.15, 0.2) is 85.1 Å². The van der Waals surface area contributed by atoms with E-state index in [1.165, 1.54) is 38.1 Å². The Morgan fingerprint density at radius 3 is 2.03 bits per heavy atom. The van der Waals surface area contributed by atoms with Crippen LogP contribution in [0.2, 0.25) is 0 Å². The fourth-order valence-corrected chi connectivity index (χ4v) is 4.82. The standard InChI is InChI=1S/C28H26BNO2/c1-27(2)28(3,4)32-29(31-27)24-18-20-16-17-30(26(20)23-14-8-7-13-22(23)24)25-15-9-11-19-10-5-6-12-21(19)25/h5-18H,1-4H3. The van der Waals surface area contributed by atoms with E-state index in [0.717, 1.165) is 5.46 Å². The van der Waals surface area contributed by atoms with Crippen LogP contribution < -0.4 is 5.46 Å². The lowest BCUT2D eigenvalue weighted by Crippen LogP contribution is -2.41. The van der Waals surface area contributed by atoms with E-state index in [0.29, 0.717) is 0 Å². The van der Waals surface area contributed by atoms with Crippen LogP contribution in [0.5, 0.6) is 0 Å². The SMILES string of the molecule is CC1(C)OB(c2cc3ccn(-c4cccc5ccccc45)c3c3ccccc23)OC1(C)C. The highest BCUT2D eigenvalue weighted by atomic mass is 16.7. The van der Waals surface area contributed by atoms with Gasteiger partial charge in [-0.25, -0.2) is 0 Å². The molecule has 32 heavy (non-hydrogen) atoms. The summed E-state index contributed by atoms with van der Waals surface area (Å²) in [6.07, 6.45) is 2.17. The number of nitrogens with zero attached hydrogens (tertiary/aromatic N) is 1. The first-order chi connectivity index (χ1) is 15.4. The van der Waals surface area contributed by atoms with E-state index in [9.17, 15) is 0 Å². The smallest absolute Gasteiger partial charge is 0.399 e. The van der Waals surface area contributed by atoms with Crippen LogP contribution in [-0.4, -0.2) is 22.9 Å². The highest BCUT2D eigenvalue weighted by molar-refractivity contribution is 6.65.